The van der Waals surface area contributed by atoms with E-state index in [1.807, 2.05) is 0 Å². The summed E-state index contributed by atoms with van der Waals surface area (Å²) in [6.07, 6.45) is 0.122. The third kappa shape index (κ3) is 6.74. The number of piperidine rings is 1. The fourth-order valence-corrected chi connectivity index (χ4v) is 2.92. The number of amides is 1. The van der Waals surface area contributed by atoms with Crippen LogP contribution in [0, 0.1) is 0 Å². The predicted octanol–water partition coefficient (Wildman–Crippen LogP) is 1.29. The Morgan fingerprint density at radius 1 is 1.22 bits per heavy atom. The Hall–Kier alpha value is -1.35. The molecule has 2 atom stereocenters. The standard InChI is InChI=1S/C14H25NO7S/c1-6-20-12(16)11-8-7-10(22-23(5,18)19)9-15(11)13(17)21-14(2,3)4/h10-11H,6-9H2,1-5H3/t10-,11+/m0/s1. The van der Waals surface area contributed by atoms with Gasteiger partial charge in [0.15, 0.2) is 0 Å². The number of ether oxygens (including phenoxy) is 2. The van der Waals surface area contributed by atoms with Gasteiger partial charge in [0, 0.05) is 0 Å². The molecule has 0 aromatic heterocycles. The minimum Gasteiger partial charge on any atom is -0.464 e. The van der Waals surface area contributed by atoms with E-state index in [2.05, 4.69) is 0 Å². The van der Waals surface area contributed by atoms with Gasteiger partial charge in [-0.3, -0.25) is 9.08 Å². The Balaban J connectivity index is 2.91. The van der Waals surface area contributed by atoms with E-state index >= 15 is 0 Å². The molecule has 0 aliphatic carbocycles. The largest absolute Gasteiger partial charge is 0.464 e. The molecule has 1 fully saturated rings. The third-order valence-electron chi connectivity index (χ3n) is 3.04. The maximum Gasteiger partial charge on any atom is 0.411 e. The lowest BCUT2D eigenvalue weighted by Crippen LogP contribution is -2.54. The van der Waals surface area contributed by atoms with Crippen LogP contribution in [0.2, 0.25) is 0 Å². The van der Waals surface area contributed by atoms with Crippen molar-refractivity contribution in [3.63, 3.8) is 0 Å². The molecule has 1 heterocycles. The molecule has 0 aromatic rings. The summed E-state index contributed by atoms with van der Waals surface area (Å²) in [5, 5.41) is 0. The molecule has 0 spiro atoms. The fourth-order valence-electron chi connectivity index (χ4n) is 2.27. The molecular formula is C14H25NO7S. The lowest BCUT2D eigenvalue weighted by molar-refractivity contribution is -0.151. The molecular weight excluding hydrogens is 326 g/mol. The second-order valence-electron chi connectivity index (χ2n) is 6.40. The summed E-state index contributed by atoms with van der Waals surface area (Å²) in [5.74, 6) is -0.531. The molecule has 0 aromatic carbocycles. The first kappa shape index (κ1) is 19.7. The van der Waals surface area contributed by atoms with Gasteiger partial charge in [0.2, 0.25) is 0 Å². The quantitative estimate of drug-likeness (QED) is 0.556. The van der Waals surface area contributed by atoms with E-state index in [0.717, 1.165) is 6.26 Å². The van der Waals surface area contributed by atoms with Crippen molar-refractivity contribution >= 4 is 22.2 Å². The van der Waals surface area contributed by atoms with E-state index in [4.69, 9.17) is 13.7 Å². The van der Waals surface area contributed by atoms with E-state index in [1.54, 1.807) is 27.7 Å². The van der Waals surface area contributed by atoms with Gasteiger partial charge in [-0.05, 0) is 40.5 Å². The van der Waals surface area contributed by atoms with Crippen molar-refractivity contribution in [3.8, 4) is 0 Å². The molecule has 8 nitrogen and oxygen atoms in total. The average Bonchev–Trinajstić information content (AvgIpc) is 2.34. The average molecular weight is 351 g/mol. The Morgan fingerprint density at radius 3 is 2.30 bits per heavy atom. The van der Waals surface area contributed by atoms with Crippen LogP contribution in [0.5, 0.6) is 0 Å². The number of hydrogen-bond acceptors (Lipinski definition) is 7. The van der Waals surface area contributed by atoms with Crippen LogP contribution in [0.4, 0.5) is 4.79 Å². The van der Waals surface area contributed by atoms with Crippen molar-refractivity contribution < 1.29 is 31.7 Å². The highest BCUT2D eigenvalue weighted by Gasteiger charge is 2.40. The molecule has 23 heavy (non-hydrogen) atoms. The lowest BCUT2D eigenvalue weighted by atomic mass is 10.0. The summed E-state index contributed by atoms with van der Waals surface area (Å²) in [4.78, 5) is 25.6. The molecule has 1 aliphatic heterocycles. The third-order valence-corrected chi connectivity index (χ3v) is 3.66. The van der Waals surface area contributed by atoms with Gasteiger partial charge in [-0.25, -0.2) is 9.59 Å². The van der Waals surface area contributed by atoms with E-state index in [0.29, 0.717) is 6.42 Å². The number of nitrogens with zero attached hydrogens (tertiary/aromatic N) is 1. The highest BCUT2D eigenvalue weighted by Crippen LogP contribution is 2.24. The summed E-state index contributed by atoms with van der Waals surface area (Å²) >= 11 is 0. The van der Waals surface area contributed by atoms with Crippen molar-refractivity contribution in [2.45, 2.75) is 58.3 Å². The van der Waals surface area contributed by atoms with Gasteiger partial charge in [0.05, 0.1) is 25.5 Å². The maximum atomic E-state index is 12.3. The van der Waals surface area contributed by atoms with Crippen LogP contribution in [0.3, 0.4) is 0 Å². The normalized spacial score (nSPS) is 22.6. The number of esters is 1. The number of carbonyl (C=O) groups is 2. The smallest absolute Gasteiger partial charge is 0.411 e. The second-order valence-corrected chi connectivity index (χ2v) is 8.00. The molecule has 0 unspecified atom stereocenters. The molecule has 0 bridgehead atoms. The molecule has 1 aliphatic rings. The van der Waals surface area contributed by atoms with Crippen LogP contribution in [-0.4, -0.2) is 62.5 Å². The molecule has 134 valence electrons. The monoisotopic (exact) mass is 351 g/mol. The van der Waals surface area contributed by atoms with Crippen LogP contribution >= 0.6 is 0 Å². The summed E-state index contributed by atoms with van der Waals surface area (Å²) in [7, 11) is -3.65. The van der Waals surface area contributed by atoms with Crippen molar-refractivity contribution in [1.82, 2.24) is 4.90 Å². The zero-order chi connectivity index (χ0) is 17.8. The predicted molar refractivity (Wildman–Crippen MR) is 82.3 cm³/mol. The van der Waals surface area contributed by atoms with Crippen LogP contribution < -0.4 is 0 Å². The second kappa shape index (κ2) is 7.48. The van der Waals surface area contributed by atoms with Gasteiger partial charge in [0.25, 0.3) is 10.1 Å². The van der Waals surface area contributed by atoms with Crippen molar-refractivity contribution in [3.05, 3.63) is 0 Å². The van der Waals surface area contributed by atoms with E-state index in [9.17, 15) is 18.0 Å². The van der Waals surface area contributed by atoms with Gasteiger partial charge in [-0.1, -0.05) is 0 Å². The van der Waals surface area contributed by atoms with Gasteiger partial charge in [0.1, 0.15) is 11.6 Å². The Morgan fingerprint density at radius 2 is 1.83 bits per heavy atom. The van der Waals surface area contributed by atoms with E-state index in [1.165, 1.54) is 4.90 Å². The highest BCUT2D eigenvalue weighted by atomic mass is 32.2. The Labute approximate surface area is 137 Å². The van der Waals surface area contributed by atoms with Crippen LogP contribution in [0.1, 0.15) is 40.5 Å². The molecule has 1 amide bonds. The van der Waals surface area contributed by atoms with Crippen molar-refractivity contribution in [2.24, 2.45) is 0 Å². The molecule has 0 saturated carbocycles. The van der Waals surface area contributed by atoms with Crippen molar-refractivity contribution in [1.29, 1.82) is 0 Å². The Kier molecular flexibility index (Phi) is 6.41. The SMILES string of the molecule is CCOC(=O)[C@H]1CC[C@H](OS(C)(=O)=O)CN1C(=O)OC(C)(C)C. The molecule has 1 rings (SSSR count). The zero-order valence-corrected chi connectivity index (χ0v) is 15.0. The molecule has 0 radical (unpaired) electrons. The van der Waals surface area contributed by atoms with Crippen molar-refractivity contribution in [2.75, 3.05) is 19.4 Å². The summed E-state index contributed by atoms with van der Waals surface area (Å²) in [6, 6.07) is -0.802. The topological polar surface area (TPSA) is 99.2 Å². The van der Waals surface area contributed by atoms with E-state index in [-0.39, 0.29) is 19.6 Å². The number of likely N-dealkylation sites (tertiary alicyclic amines) is 1. The minimum atomic E-state index is -3.65. The lowest BCUT2D eigenvalue weighted by Gasteiger charge is -2.38. The number of rotatable bonds is 4. The van der Waals surface area contributed by atoms with Crippen LogP contribution in [0.25, 0.3) is 0 Å². The van der Waals surface area contributed by atoms with Gasteiger partial charge < -0.3 is 9.47 Å². The zero-order valence-electron chi connectivity index (χ0n) is 14.2. The number of hydrogen-bond donors (Lipinski definition) is 0. The first-order chi connectivity index (χ1) is 10.4. The molecule has 0 N–H and O–H groups in total. The minimum absolute atomic E-state index is 0.0501. The van der Waals surface area contributed by atoms with Gasteiger partial charge >= 0.3 is 12.1 Å². The first-order valence-electron chi connectivity index (χ1n) is 7.47. The summed E-state index contributed by atoms with van der Waals surface area (Å²) in [6.45, 7) is 6.94. The van der Waals surface area contributed by atoms with Gasteiger partial charge in [-0.2, -0.15) is 8.42 Å². The number of carbonyl (C=O) groups excluding carboxylic acids is 2. The summed E-state index contributed by atoms with van der Waals surface area (Å²) < 4.78 is 37.8. The molecule has 1 saturated heterocycles. The van der Waals surface area contributed by atoms with E-state index < -0.39 is 39.9 Å². The van der Waals surface area contributed by atoms with Crippen LogP contribution in [-0.2, 0) is 28.6 Å². The van der Waals surface area contributed by atoms with Gasteiger partial charge in [-0.15, -0.1) is 0 Å². The first-order valence-corrected chi connectivity index (χ1v) is 9.29. The fraction of sp³-hybridized carbons (Fsp3) is 0.857. The maximum absolute atomic E-state index is 12.3. The Bertz CT molecular complexity index is 538. The molecule has 9 heteroatoms. The highest BCUT2D eigenvalue weighted by molar-refractivity contribution is 7.86. The van der Waals surface area contributed by atoms with Crippen LogP contribution in [0.15, 0.2) is 0 Å². The summed E-state index contributed by atoms with van der Waals surface area (Å²) in [5.41, 5.74) is -0.735.